The fourth-order valence-electron chi connectivity index (χ4n) is 3.31. The molecule has 3 aromatic carbocycles. The number of nitrogens with one attached hydrogen (secondary N) is 1. The summed E-state index contributed by atoms with van der Waals surface area (Å²) in [4.78, 5) is 14.6. The van der Waals surface area contributed by atoms with Gasteiger partial charge in [-0.3, -0.25) is 4.79 Å². The lowest BCUT2D eigenvalue weighted by Gasteiger charge is -2.21. The Hall–Kier alpha value is -2.83. The molecule has 0 bridgehead atoms. The maximum absolute atomic E-state index is 12.7. The third-order valence-electron chi connectivity index (χ3n) is 5.02. The SMILES string of the molecule is CN(C)CCC(NC(=O)C=Cc1ccc(C(F)(F)F)cc1)c1ccc2ccccc2c1.Cl. The number of carbonyl (C=O) groups is 1. The first-order valence-corrected chi connectivity index (χ1v) is 10.0. The van der Waals surface area contributed by atoms with Crippen molar-refractivity contribution in [3.05, 3.63) is 89.5 Å². The molecule has 1 amide bonds. The Morgan fingerprint density at radius 2 is 1.66 bits per heavy atom. The predicted molar refractivity (Wildman–Crippen MR) is 126 cm³/mol. The molecule has 3 rings (SSSR count). The summed E-state index contributed by atoms with van der Waals surface area (Å²) in [5.74, 6) is -0.295. The number of rotatable bonds is 7. The Morgan fingerprint density at radius 3 is 2.28 bits per heavy atom. The van der Waals surface area contributed by atoms with E-state index in [0.29, 0.717) is 5.56 Å². The molecule has 3 aromatic rings. The number of alkyl halides is 3. The first-order chi connectivity index (χ1) is 14.7. The van der Waals surface area contributed by atoms with E-state index in [2.05, 4.69) is 16.3 Å². The number of halogens is 4. The van der Waals surface area contributed by atoms with E-state index < -0.39 is 11.7 Å². The average Bonchev–Trinajstić information content (AvgIpc) is 2.74. The minimum Gasteiger partial charge on any atom is -0.346 e. The van der Waals surface area contributed by atoms with Crippen LogP contribution < -0.4 is 5.32 Å². The molecule has 1 N–H and O–H groups in total. The molecule has 32 heavy (non-hydrogen) atoms. The van der Waals surface area contributed by atoms with Crippen molar-refractivity contribution in [3.8, 4) is 0 Å². The van der Waals surface area contributed by atoms with Crippen LogP contribution in [0, 0.1) is 0 Å². The maximum atomic E-state index is 12.7. The molecule has 170 valence electrons. The Kier molecular flexibility index (Phi) is 8.87. The Morgan fingerprint density at radius 1 is 1.00 bits per heavy atom. The second-order valence-corrected chi connectivity index (χ2v) is 7.71. The summed E-state index contributed by atoms with van der Waals surface area (Å²) < 4.78 is 38.0. The van der Waals surface area contributed by atoms with Crippen LogP contribution in [0.4, 0.5) is 13.2 Å². The lowest BCUT2D eigenvalue weighted by molar-refractivity contribution is -0.137. The minimum absolute atomic E-state index is 0. The number of benzene rings is 3. The van der Waals surface area contributed by atoms with Crippen molar-refractivity contribution in [2.75, 3.05) is 20.6 Å². The molecule has 3 nitrogen and oxygen atoms in total. The van der Waals surface area contributed by atoms with Crippen LogP contribution in [0.3, 0.4) is 0 Å². The lowest BCUT2D eigenvalue weighted by Crippen LogP contribution is -2.29. The monoisotopic (exact) mass is 462 g/mol. The van der Waals surface area contributed by atoms with E-state index in [1.165, 1.54) is 24.3 Å². The Balaban J connectivity index is 0.00000363. The van der Waals surface area contributed by atoms with Crippen LogP contribution in [-0.4, -0.2) is 31.4 Å². The molecule has 0 spiro atoms. The van der Waals surface area contributed by atoms with Crippen LogP contribution >= 0.6 is 12.4 Å². The molecule has 0 saturated heterocycles. The maximum Gasteiger partial charge on any atom is 0.416 e. The summed E-state index contributed by atoms with van der Waals surface area (Å²) in [5.41, 5.74) is 0.824. The molecule has 0 saturated carbocycles. The fraction of sp³-hybridized carbons (Fsp3) is 0.240. The van der Waals surface area contributed by atoms with Crippen LogP contribution in [0.15, 0.2) is 72.8 Å². The van der Waals surface area contributed by atoms with Crippen LogP contribution in [0.1, 0.15) is 29.2 Å². The molecule has 1 atom stereocenters. The smallest absolute Gasteiger partial charge is 0.346 e. The third-order valence-corrected chi connectivity index (χ3v) is 5.02. The molecule has 0 aliphatic rings. The highest BCUT2D eigenvalue weighted by molar-refractivity contribution is 5.92. The van der Waals surface area contributed by atoms with E-state index in [9.17, 15) is 18.0 Å². The topological polar surface area (TPSA) is 32.3 Å². The van der Waals surface area contributed by atoms with Crippen molar-refractivity contribution in [2.24, 2.45) is 0 Å². The van der Waals surface area contributed by atoms with Crippen LogP contribution in [-0.2, 0) is 11.0 Å². The van der Waals surface area contributed by atoms with Crippen molar-refractivity contribution >= 4 is 35.2 Å². The highest BCUT2D eigenvalue weighted by Gasteiger charge is 2.29. The molecular formula is C25H26ClF3N2O. The van der Waals surface area contributed by atoms with Crippen LogP contribution in [0.2, 0.25) is 0 Å². The first kappa shape index (κ1) is 25.4. The van der Waals surface area contributed by atoms with E-state index in [1.54, 1.807) is 0 Å². The van der Waals surface area contributed by atoms with Gasteiger partial charge in [0.15, 0.2) is 0 Å². The third kappa shape index (κ3) is 7.11. The van der Waals surface area contributed by atoms with Crippen molar-refractivity contribution in [1.29, 1.82) is 0 Å². The lowest BCUT2D eigenvalue weighted by atomic mass is 9.99. The zero-order valence-corrected chi connectivity index (χ0v) is 18.7. The summed E-state index contributed by atoms with van der Waals surface area (Å²) in [6, 6.07) is 18.7. The number of fused-ring (bicyclic) bond motifs is 1. The fourth-order valence-corrected chi connectivity index (χ4v) is 3.31. The summed E-state index contributed by atoms with van der Waals surface area (Å²) in [7, 11) is 3.95. The first-order valence-electron chi connectivity index (χ1n) is 10.0. The summed E-state index contributed by atoms with van der Waals surface area (Å²) >= 11 is 0. The predicted octanol–water partition coefficient (Wildman–Crippen LogP) is 6.10. The number of nitrogens with zero attached hydrogens (tertiary/aromatic N) is 1. The molecule has 7 heteroatoms. The van der Waals surface area contributed by atoms with E-state index in [0.717, 1.165) is 41.4 Å². The largest absolute Gasteiger partial charge is 0.416 e. The highest BCUT2D eigenvalue weighted by atomic mass is 35.5. The molecule has 0 heterocycles. The van der Waals surface area contributed by atoms with Crippen LogP contribution in [0.5, 0.6) is 0 Å². The van der Waals surface area contributed by atoms with Gasteiger partial charge in [0.1, 0.15) is 0 Å². The van der Waals surface area contributed by atoms with Gasteiger partial charge in [-0.1, -0.05) is 48.5 Å². The molecule has 0 radical (unpaired) electrons. The number of hydrogen-bond acceptors (Lipinski definition) is 2. The van der Waals surface area contributed by atoms with E-state index in [4.69, 9.17) is 0 Å². The van der Waals surface area contributed by atoms with Crippen molar-refractivity contribution in [1.82, 2.24) is 10.2 Å². The molecular weight excluding hydrogens is 437 g/mol. The van der Waals surface area contributed by atoms with Gasteiger partial charge in [-0.15, -0.1) is 12.4 Å². The summed E-state index contributed by atoms with van der Waals surface area (Å²) in [5, 5.41) is 5.26. The van der Waals surface area contributed by atoms with Gasteiger partial charge in [-0.05, 0) is 73.2 Å². The van der Waals surface area contributed by atoms with Gasteiger partial charge in [-0.25, -0.2) is 0 Å². The zero-order chi connectivity index (χ0) is 22.4. The second kappa shape index (κ2) is 11.2. The van der Waals surface area contributed by atoms with E-state index in [-0.39, 0.29) is 24.4 Å². The highest BCUT2D eigenvalue weighted by Crippen LogP contribution is 2.29. The van der Waals surface area contributed by atoms with Gasteiger partial charge < -0.3 is 10.2 Å². The standard InChI is InChI=1S/C25H25F3N2O.ClH/c1-30(2)16-15-23(21-11-10-19-5-3-4-6-20(19)17-21)29-24(31)14-9-18-7-12-22(13-8-18)25(26,27)28;/h3-14,17,23H,15-16H2,1-2H3,(H,29,31);1H. The van der Waals surface area contributed by atoms with Crippen molar-refractivity contribution in [3.63, 3.8) is 0 Å². The molecule has 0 aliphatic heterocycles. The quantitative estimate of drug-likeness (QED) is 0.430. The Bertz CT molecular complexity index is 1060. The van der Waals surface area contributed by atoms with Gasteiger partial charge in [-0.2, -0.15) is 13.2 Å². The van der Waals surface area contributed by atoms with Gasteiger partial charge in [0, 0.05) is 6.08 Å². The van der Waals surface area contributed by atoms with Crippen molar-refractivity contribution < 1.29 is 18.0 Å². The number of amides is 1. The minimum atomic E-state index is -4.38. The number of carbonyl (C=O) groups excluding carboxylic acids is 1. The van der Waals surface area contributed by atoms with Gasteiger partial charge in [0.2, 0.25) is 5.91 Å². The molecule has 0 aliphatic carbocycles. The zero-order valence-electron chi connectivity index (χ0n) is 17.9. The molecule has 0 fully saturated rings. The van der Waals surface area contributed by atoms with Crippen molar-refractivity contribution in [2.45, 2.75) is 18.6 Å². The molecule has 1 unspecified atom stereocenters. The van der Waals surface area contributed by atoms with Gasteiger partial charge >= 0.3 is 6.18 Å². The summed E-state index contributed by atoms with van der Waals surface area (Å²) in [6.45, 7) is 0.792. The summed E-state index contributed by atoms with van der Waals surface area (Å²) in [6.07, 6.45) is -0.782. The second-order valence-electron chi connectivity index (χ2n) is 7.71. The van der Waals surface area contributed by atoms with Crippen LogP contribution in [0.25, 0.3) is 16.8 Å². The molecule has 0 aromatic heterocycles. The van der Waals surface area contributed by atoms with Gasteiger partial charge in [0.25, 0.3) is 0 Å². The van der Waals surface area contributed by atoms with E-state index in [1.807, 2.05) is 50.5 Å². The number of hydrogen-bond donors (Lipinski definition) is 1. The van der Waals surface area contributed by atoms with E-state index >= 15 is 0 Å². The average molecular weight is 463 g/mol. The normalized spacial score (nSPS) is 12.7. The van der Waals surface area contributed by atoms with Gasteiger partial charge in [0.05, 0.1) is 11.6 Å². The Labute approximate surface area is 192 Å².